The van der Waals surface area contributed by atoms with Gasteiger partial charge < -0.3 is 15.0 Å². The largest absolute Gasteiger partial charge is 0.383 e. The average Bonchev–Trinajstić information content (AvgIpc) is 2.52. The number of rotatable bonds is 7. The molecule has 1 heterocycles. The summed E-state index contributed by atoms with van der Waals surface area (Å²) in [6, 6.07) is 6.64. The Balaban J connectivity index is 2.01. The Bertz CT molecular complexity index is 431. The van der Waals surface area contributed by atoms with E-state index < -0.39 is 0 Å². The van der Waals surface area contributed by atoms with Crippen molar-refractivity contribution in [3.05, 3.63) is 28.2 Å². The highest BCUT2D eigenvalue weighted by molar-refractivity contribution is 9.10. The monoisotopic (exact) mass is 354 g/mol. The molecular weight excluding hydrogens is 328 g/mol. The number of ether oxygens (including phenoxy) is 1. The van der Waals surface area contributed by atoms with E-state index in [2.05, 4.69) is 51.3 Å². The molecule has 0 unspecified atom stereocenters. The smallest absolute Gasteiger partial charge is 0.0587 e. The number of hydrogen-bond acceptors (Lipinski definition) is 3. The Kier molecular flexibility index (Phi) is 7.00. The summed E-state index contributed by atoms with van der Waals surface area (Å²) in [7, 11) is 1.74. The molecule has 1 aliphatic rings. The van der Waals surface area contributed by atoms with Gasteiger partial charge in [-0.25, -0.2) is 0 Å². The molecular formula is C17H27BrN2O. The predicted octanol–water partition coefficient (Wildman–Crippen LogP) is 3.81. The summed E-state index contributed by atoms with van der Waals surface area (Å²) in [5, 5.41) is 3.46. The molecule has 21 heavy (non-hydrogen) atoms. The Morgan fingerprint density at radius 2 is 2.10 bits per heavy atom. The van der Waals surface area contributed by atoms with Crippen molar-refractivity contribution in [2.24, 2.45) is 5.92 Å². The lowest BCUT2D eigenvalue weighted by Crippen LogP contribution is -2.34. The van der Waals surface area contributed by atoms with E-state index in [1.54, 1.807) is 7.11 Å². The maximum atomic E-state index is 5.09. The maximum absolute atomic E-state index is 5.09. The summed E-state index contributed by atoms with van der Waals surface area (Å²) in [5.74, 6) is 0.917. The molecule has 1 aliphatic heterocycles. The second-order valence-corrected chi connectivity index (χ2v) is 6.70. The molecule has 0 aliphatic carbocycles. The molecule has 1 N–H and O–H groups in total. The second-order valence-electron chi connectivity index (χ2n) is 5.78. The maximum Gasteiger partial charge on any atom is 0.0587 e. The SMILES string of the molecule is CCC1CCN(c2ccc(Br)cc2CNCCOC)CC1. The second kappa shape index (κ2) is 8.76. The summed E-state index contributed by atoms with van der Waals surface area (Å²) in [6.07, 6.45) is 3.96. The van der Waals surface area contributed by atoms with Crippen LogP contribution in [-0.4, -0.2) is 33.4 Å². The van der Waals surface area contributed by atoms with Crippen LogP contribution in [0, 0.1) is 5.92 Å². The third kappa shape index (κ3) is 4.97. The molecule has 1 aromatic rings. The third-order valence-corrected chi connectivity index (χ3v) is 4.87. The van der Waals surface area contributed by atoms with Gasteiger partial charge in [0.05, 0.1) is 6.61 Å². The molecule has 118 valence electrons. The van der Waals surface area contributed by atoms with Gasteiger partial charge in [0.1, 0.15) is 0 Å². The Labute approximate surface area is 137 Å². The van der Waals surface area contributed by atoms with Crippen LogP contribution in [0.5, 0.6) is 0 Å². The zero-order valence-electron chi connectivity index (χ0n) is 13.2. The Morgan fingerprint density at radius 3 is 2.76 bits per heavy atom. The summed E-state index contributed by atoms with van der Waals surface area (Å²) in [5.41, 5.74) is 2.76. The highest BCUT2D eigenvalue weighted by Crippen LogP contribution is 2.29. The molecule has 1 aromatic carbocycles. The van der Waals surface area contributed by atoms with Crippen molar-refractivity contribution in [2.75, 3.05) is 38.3 Å². The molecule has 1 saturated heterocycles. The van der Waals surface area contributed by atoms with Crippen LogP contribution in [-0.2, 0) is 11.3 Å². The van der Waals surface area contributed by atoms with Crippen molar-refractivity contribution in [2.45, 2.75) is 32.7 Å². The van der Waals surface area contributed by atoms with Gasteiger partial charge in [-0.1, -0.05) is 29.3 Å². The first-order chi connectivity index (χ1) is 10.2. The Morgan fingerprint density at radius 1 is 1.33 bits per heavy atom. The fraction of sp³-hybridized carbons (Fsp3) is 0.647. The van der Waals surface area contributed by atoms with E-state index >= 15 is 0 Å². The normalized spacial score (nSPS) is 16.4. The molecule has 0 radical (unpaired) electrons. The number of halogens is 1. The number of hydrogen-bond donors (Lipinski definition) is 1. The van der Waals surface area contributed by atoms with Crippen molar-refractivity contribution in [3.63, 3.8) is 0 Å². The van der Waals surface area contributed by atoms with Crippen LogP contribution in [0.15, 0.2) is 22.7 Å². The lowest BCUT2D eigenvalue weighted by molar-refractivity contribution is 0.199. The average molecular weight is 355 g/mol. The van der Waals surface area contributed by atoms with Gasteiger partial charge in [0.2, 0.25) is 0 Å². The van der Waals surface area contributed by atoms with Crippen LogP contribution in [0.25, 0.3) is 0 Å². The summed E-state index contributed by atoms with van der Waals surface area (Å²) < 4.78 is 6.24. The van der Waals surface area contributed by atoms with Crippen LogP contribution in [0.4, 0.5) is 5.69 Å². The van der Waals surface area contributed by atoms with Crippen molar-refractivity contribution < 1.29 is 4.74 Å². The summed E-state index contributed by atoms with van der Waals surface area (Å²) >= 11 is 3.59. The molecule has 0 spiro atoms. The van der Waals surface area contributed by atoms with E-state index in [4.69, 9.17) is 4.74 Å². The fourth-order valence-corrected chi connectivity index (χ4v) is 3.39. The van der Waals surface area contributed by atoms with Gasteiger partial charge in [-0.2, -0.15) is 0 Å². The summed E-state index contributed by atoms with van der Waals surface area (Å²) in [4.78, 5) is 2.55. The van der Waals surface area contributed by atoms with Crippen LogP contribution < -0.4 is 10.2 Å². The van der Waals surface area contributed by atoms with Crippen LogP contribution in [0.1, 0.15) is 31.7 Å². The first-order valence-electron chi connectivity index (χ1n) is 7.97. The zero-order chi connectivity index (χ0) is 15.1. The van der Waals surface area contributed by atoms with Gasteiger partial charge in [0.25, 0.3) is 0 Å². The van der Waals surface area contributed by atoms with E-state index in [1.807, 2.05) is 0 Å². The third-order valence-electron chi connectivity index (χ3n) is 4.37. The van der Waals surface area contributed by atoms with Crippen LogP contribution in [0.2, 0.25) is 0 Å². The van der Waals surface area contributed by atoms with E-state index in [0.717, 1.165) is 30.1 Å². The molecule has 0 amide bonds. The van der Waals surface area contributed by atoms with Crippen molar-refractivity contribution in [3.8, 4) is 0 Å². The first-order valence-corrected chi connectivity index (χ1v) is 8.77. The van der Waals surface area contributed by atoms with Crippen LogP contribution >= 0.6 is 15.9 Å². The highest BCUT2D eigenvalue weighted by atomic mass is 79.9. The summed E-state index contributed by atoms with van der Waals surface area (Å²) in [6.45, 7) is 7.22. The van der Waals surface area contributed by atoms with Crippen molar-refractivity contribution in [1.82, 2.24) is 5.32 Å². The highest BCUT2D eigenvalue weighted by Gasteiger charge is 2.19. The van der Waals surface area contributed by atoms with Gasteiger partial charge in [-0.15, -0.1) is 0 Å². The molecule has 0 atom stereocenters. The molecule has 1 fully saturated rings. The van der Waals surface area contributed by atoms with E-state index in [0.29, 0.717) is 0 Å². The number of anilines is 1. The number of piperidine rings is 1. The van der Waals surface area contributed by atoms with Crippen molar-refractivity contribution >= 4 is 21.6 Å². The number of nitrogens with zero attached hydrogens (tertiary/aromatic N) is 1. The number of benzene rings is 1. The fourth-order valence-electron chi connectivity index (χ4n) is 2.98. The quantitative estimate of drug-likeness (QED) is 0.753. The molecule has 3 nitrogen and oxygen atoms in total. The Hall–Kier alpha value is -0.580. The number of nitrogens with one attached hydrogen (secondary N) is 1. The predicted molar refractivity (Wildman–Crippen MR) is 93.0 cm³/mol. The minimum atomic E-state index is 0.755. The topological polar surface area (TPSA) is 24.5 Å². The molecule has 0 aromatic heterocycles. The van der Waals surface area contributed by atoms with E-state index in [-0.39, 0.29) is 0 Å². The first kappa shape index (κ1) is 16.8. The molecule has 0 bridgehead atoms. The van der Waals surface area contributed by atoms with Gasteiger partial charge in [-0.3, -0.25) is 0 Å². The molecule has 4 heteroatoms. The van der Waals surface area contributed by atoms with Gasteiger partial charge in [0, 0.05) is 43.4 Å². The number of methoxy groups -OCH3 is 1. The minimum absolute atomic E-state index is 0.755. The van der Waals surface area contributed by atoms with E-state index in [9.17, 15) is 0 Å². The van der Waals surface area contributed by atoms with Gasteiger partial charge in [-0.05, 0) is 42.5 Å². The molecule has 0 saturated carbocycles. The van der Waals surface area contributed by atoms with Gasteiger partial charge in [0.15, 0.2) is 0 Å². The minimum Gasteiger partial charge on any atom is -0.383 e. The van der Waals surface area contributed by atoms with Gasteiger partial charge >= 0.3 is 0 Å². The standard InChI is InChI=1S/C17H27BrN2O/c1-3-14-6-9-20(10-7-14)17-5-4-16(18)12-15(17)13-19-8-11-21-2/h4-5,12,14,19H,3,6-11,13H2,1-2H3. The lowest BCUT2D eigenvalue weighted by Gasteiger charge is -2.34. The lowest BCUT2D eigenvalue weighted by atomic mass is 9.94. The van der Waals surface area contributed by atoms with E-state index in [1.165, 1.54) is 43.6 Å². The van der Waals surface area contributed by atoms with Crippen LogP contribution in [0.3, 0.4) is 0 Å². The zero-order valence-corrected chi connectivity index (χ0v) is 14.8. The molecule has 2 rings (SSSR count). The van der Waals surface area contributed by atoms with Crippen molar-refractivity contribution in [1.29, 1.82) is 0 Å².